The largest absolute Gasteiger partial charge is 0.481 e. The molecule has 0 aromatic carbocycles. The van der Waals surface area contributed by atoms with Crippen LogP contribution in [0, 0.1) is 0 Å². The zero-order chi connectivity index (χ0) is 41.8. The fraction of sp³-hybridized carbons (Fsp3) is 0.900. The maximum Gasteiger partial charge on any atom is 0.308 e. The van der Waals surface area contributed by atoms with Gasteiger partial charge in [-0.05, 0) is 78.1 Å². The standard InChI is InChI=1S/C40H74O15/c1-5-7-9-15-29(43)19-30(44)24-38(50)55-36(18-12-14-28(4)42)22-33(47)26-39(51)53-34(16-10-8-6-2)21-32(46)25-40(52)54-35(17-11-13-27(3)41)20-31(45)23-37(48)49/h27-36,41-47H,5-26H2,1-4H3,(H,48,49)/t27-,28-,29-,30-,31-,32-,33-,34+,35+,36+/m0/s1. The predicted octanol–water partition coefficient (Wildman–Crippen LogP) is 3.99. The Morgan fingerprint density at radius 1 is 0.418 bits per heavy atom. The Labute approximate surface area is 327 Å². The summed E-state index contributed by atoms with van der Waals surface area (Å²) in [4.78, 5) is 49.5. The molecule has 0 radical (unpaired) electrons. The lowest BCUT2D eigenvalue weighted by Gasteiger charge is -2.24. The summed E-state index contributed by atoms with van der Waals surface area (Å²) in [5.74, 6) is -3.45. The molecule has 324 valence electrons. The second-order valence-corrected chi connectivity index (χ2v) is 15.3. The van der Waals surface area contributed by atoms with Gasteiger partial charge in [-0.1, -0.05) is 46.0 Å². The summed E-state index contributed by atoms with van der Waals surface area (Å²) in [5.41, 5.74) is 0. The predicted molar refractivity (Wildman–Crippen MR) is 204 cm³/mol. The lowest BCUT2D eigenvalue weighted by Crippen LogP contribution is -2.31. The van der Waals surface area contributed by atoms with E-state index in [1.54, 1.807) is 13.8 Å². The van der Waals surface area contributed by atoms with E-state index in [9.17, 15) is 54.9 Å². The van der Waals surface area contributed by atoms with Crippen LogP contribution in [0.25, 0.3) is 0 Å². The zero-order valence-corrected chi connectivity index (χ0v) is 33.8. The molecule has 55 heavy (non-hydrogen) atoms. The number of carboxylic acids is 1. The quantitative estimate of drug-likeness (QED) is 0.0256. The zero-order valence-electron chi connectivity index (χ0n) is 33.8. The monoisotopic (exact) mass is 795 g/mol. The van der Waals surface area contributed by atoms with Crippen LogP contribution in [0.3, 0.4) is 0 Å². The molecule has 10 atom stereocenters. The molecule has 0 spiro atoms. The molecule has 0 heterocycles. The van der Waals surface area contributed by atoms with E-state index < -0.39 is 104 Å². The minimum Gasteiger partial charge on any atom is -0.481 e. The van der Waals surface area contributed by atoms with Crippen LogP contribution in [-0.2, 0) is 33.4 Å². The molecule has 0 aromatic heterocycles. The minimum atomic E-state index is -1.26. The Bertz CT molecular complexity index is 1020. The van der Waals surface area contributed by atoms with E-state index in [1.165, 1.54) is 0 Å². The van der Waals surface area contributed by atoms with Gasteiger partial charge in [0.05, 0.1) is 68.4 Å². The Morgan fingerprint density at radius 2 is 0.745 bits per heavy atom. The fourth-order valence-electron chi connectivity index (χ4n) is 6.36. The van der Waals surface area contributed by atoms with Crippen molar-refractivity contribution in [3.8, 4) is 0 Å². The summed E-state index contributed by atoms with van der Waals surface area (Å²) >= 11 is 0. The summed E-state index contributed by atoms with van der Waals surface area (Å²) in [6.45, 7) is 7.27. The number of hydrogen-bond acceptors (Lipinski definition) is 14. The van der Waals surface area contributed by atoms with Crippen LogP contribution in [-0.4, -0.2) is 126 Å². The van der Waals surface area contributed by atoms with Gasteiger partial charge >= 0.3 is 23.9 Å². The van der Waals surface area contributed by atoms with Gasteiger partial charge in [-0.15, -0.1) is 0 Å². The molecule has 0 aliphatic carbocycles. The highest BCUT2D eigenvalue weighted by molar-refractivity contribution is 5.71. The molecule has 15 heteroatoms. The third-order valence-corrected chi connectivity index (χ3v) is 9.23. The first-order chi connectivity index (χ1) is 25.9. The molecular weight excluding hydrogens is 720 g/mol. The Morgan fingerprint density at radius 3 is 1.09 bits per heavy atom. The number of carbonyl (C=O) groups is 4. The van der Waals surface area contributed by atoms with Gasteiger partial charge in [0.2, 0.25) is 0 Å². The Balaban J connectivity index is 5.34. The first-order valence-electron chi connectivity index (χ1n) is 20.5. The highest BCUT2D eigenvalue weighted by Gasteiger charge is 2.27. The third kappa shape index (κ3) is 31.4. The second-order valence-electron chi connectivity index (χ2n) is 15.3. The van der Waals surface area contributed by atoms with Crippen LogP contribution in [0.2, 0.25) is 0 Å². The van der Waals surface area contributed by atoms with Gasteiger partial charge < -0.3 is 55.1 Å². The van der Waals surface area contributed by atoms with Gasteiger partial charge in [0, 0.05) is 19.3 Å². The molecule has 0 saturated carbocycles. The molecule has 0 aromatic rings. The van der Waals surface area contributed by atoms with E-state index in [4.69, 9.17) is 19.3 Å². The molecule has 0 rings (SSSR count). The van der Waals surface area contributed by atoms with Crippen LogP contribution < -0.4 is 0 Å². The SMILES string of the molecule is CCCCC[C@H](O)C[C@H](O)CC(=O)O[C@H](CCC[C@H](C)O)C[C@H](O)CC(=O)O[C@H](CCCCC)C[C@H](O)CC(=O)O[C@H](CCC[C@H](C)O)C[C@H](O)CC(=O)O. The van der Waals surface area contributed by atoms with E-state index in [-0.39, 0.29) is 38.5 Å². The van der Waals surface area contributed by atoms with Crippen LogP contribution in [0.4, 0.5) is 0 Å². The van der Waals surface area contributed by atoms with Crippen molar-refractivity contribution < 1.29 is 74.2 Å². The van der Waals surface area contributed by atoms with Crippen molar-refractivity contribution in [2.75, 3.05) is 0 Å². The average molecular weight is 795 g/mol. The molecule has 8 N–H and O–H groups in total. The molecule has 15 nitrogen and oxygen atoms in total. The van der Waals surface area contributed by atoms with Crippen molar-refractivity contribution in [3.63, 3.8) is 0 Å². The van der Waals surface area contributed by atoms with E-state index in [1.807, 2.05) is 13.8 Å². The maximum atomic E-state index is 13.0. The molecule has 0 unspecified atom stereocenters. The van der Waals surface area contributed by atoms with Gasteiger partial charge in [0.15, 0.2) is 0 Å². The van der Waals surface area contributed by atoms with Crippen molar-refractivity contribution in [2.24, 2.45) is 0 Å². The molecule has 0 saturated heterocycles. The number of carbonyl (C=O) groups excluding carboxylic acids is 3. The van der Waals surface area contributed by atoms with E-state index in [0.29, 0.717) is 51.4 Å². The lowest BCUT2D eigenvalue weighted by molar-refractivity contribution is -0.156. The topological polar surface area (TPSA) is 258 Å². The van der Waals surface area contributed by atoms with Gasteiger partial charge in [-0.3, -0.25) is 19.2 Å². The van der Waals surface area contributed by atoms with Crippen molar-refractivity contribution in [3.05, 3.63) is 0 Å². The van der Waals surface area contributed by atoms with E-state index in [2.05, 4.69) is 0 Å². The number of aliphatic hydroxyl groups excluding tert-OH is 7. The van der Waals surface area contributed by atoms with Crippen molar-refractivity contribution >= 4 is 23.9 Å². The van der Waals surface area contributed by atoms with Crippen LogP contribution in [0.15, 0.2) is 0 Å². The summed E-state index contributed by atoms with van der Waals surface area (Å²) in [7, 11) is 0. The van der Waals surface area contributed by atoms with Crippen molar-refractivity contribution in [1.82, 2.24) is 0 Å². The summed E-state index contributed by atoms with van der Waals surface area (Å²) < 4.78 is 16.7. The minimum absolute atomic E-state index is 0.0271. The number of esters is 3. The number of unbranched alkanes of at least 4 members (excludes halogenated alkanes) is 4. The first kappa shape index (κ1) is 52.6. The van der Waals surface area contributed by atoms with Crippen LogP contribution >= 0.6 is 0 Å². The second kappa shape index (κ2) is 31.7. The normalized spacial score (nSPS) is 17.1. The smallest absolute Gasteiger partial charge is 0.308 e. The molecule has 0 aliphatic rings. The first-order valence-corrected chi connectivity index (χ1v) is 20.5. The number of aliphatic carboxylic acids is 1. The van der Waals surface area contributed by atoms with E-state index >= 15 is 0 Å². The number of ether oxygens (including phenoxy) is 3. The molecular formula is C40H74O15. The van der Waals surface area contributed by atoms with Crippen LogP contribution in [0.5, 0.6) is 0 Å². The highest BCUT2D eigenvalue weighted by atomic mass is 16.6. The fourth-order valence-corrected chi connectivity index (χ4v) is 6.36. The van der Waals surface area contributed by atoms with Gasteiger partial charge in [0.1, 0.15) is 18.3 Å². The molecule has 0 fully saturated rings. The molecule has 0 amide bonds. The number of hydrogen-bond donors (Lipinski definition) is 8. The maximum absolute atomic E-state index is 13.0. The van der Waals surface area contributed by atoms with Crippen molar-refractivity contribution in [1.29, 1.82) is 0 Å². The van der Waals surface area contributed by atoms with Crippen LogP contribution in [0.1, 0.15) is 169 Å². The Kier molecular flexibility index (Phi) is 30.3. The molecule has 0 aliphatic heterocycles. The van der Waals surface area contributed by atoms with Gasteiger partial charge in [-0.2, -0.15) is 0 Å². The number of aliphatic hydroxyl groups is 7. The third-order valence-electron chi connectivity index (χ3n) is 9.23. The summed E-state index contributed by atoms with van der Waals surface area (Å²) in [5, 5.41) is 80.5. The number of rotatable bonds is 35. The lowest BCUT2D eigenvalue weighted by atomic mass is 10.0. The highest BCUT2D eigenvalue weighted by Crippen LogP contribution is 2.21. The summed E-state index contributed by atoms with van der Waals surface area (Å²) in [6.07, 6.45) is -2.94. The molecule has 0 bridgehead atoms. The van der Waals surface area contributed by atoms with E-state index in [0.717, 1.165) is 32.1 Å². The van der Waals surface area contributed by atoms with Gasteiger partial charge in [-0.25, -0.2) is 0 Å². The Hall–Kier alpha value is -2.40. The van der Waals surface area contributed by atoms with Gasteiger partial charge in [0.25, 0.3) is 0 Å². The summed E-state index contributed by atoms with van der Waals surface area (Å²) in [6, 6.07) is 0. The van der Waals surface area contributed by atoms with Crippen molar-refractivity contribution in [2.45, 2.75) is 230 Å². The number of carboxylic acid groups (broad SMARTS) is 1. The average Bonchev–Trinajstić information content (AvgIpc) is 3.03.